The van der Waals surface area contributed by atoms with Gasteiger partial charge in [0.25, 0.3) is 5.56 Å². The molecule has 0 saturated heterocycles. The number of pyridine rings is 1. The van der Waals surface area contributed by atoms with Crippen LogP contribution in [0.15, 0.2) is 76.7 Å². The van der Waals surface area contributed by atoms with Gasteiger partial charge in [0.1, 0.15) is 11.0 Å². The van der Waals surface area contributed by atoms with Crippen molar-refractivity contribution in [3.8, 4) is 16.1 Å². The minimum absolute atomic E-state index is 0.328. The summed E-state index contributed by atoms with van der Waals surface area (Å²) < 4.78 is 3.42. The monoisotopic (exact) mass is 425 g/mol. The number of hydrogen-bond acceptors (Lipinski definition) is 5. The van der Waals surface area contributed by atoms with Crippen molar-refractivity contribution in [1.29, 1.82) is 0 Å². The second-order valence-electron chi connectivity index (χ2n) is 7.36. The molecule has 0 fully saturated rings. The van der Waals surface area contributed by atoms with Gasteiger partial charge in [-0.05, 0) is 36.1 Å². The van der Waals surface area contributed by atoms with Crippen molar-refractivity contribution in [3.63, 3.8) is 0 Å². The fourth-order valence-corrected chi connectivity index (χ4v) is 5.10. The van der Waals surface area contributed by atoms with Crippen LogP contribution < -0.4 is 11.2 Å². The molecule has 0 amide bonds. The Hall–Kier alpha value is -4.04. The zero-order valence-corrected chi connectivity index (χ0v) is 17.2. The summed E-state index contributed by atoms with van der Waals surface area (Å²) in [6, 6.07) is 17.1. The standard InChI is InChI=1S/C23H15N5O2S/c1-13-9-20-24-12-25-27(20)11-16(13)19-10-17-21(31-19)22(29)28(23(30)26-17)18-8-4-6-14-5-2-3-7-15(14)18/h2-12H,1H3,(H,26,30). The highest BCUT2D eigenvalue weighted by Crippen LogP contribution is 2.33. The molecule has 1 N–H and O–H groups in total. The van der Waals surface area contributed by atoms with Crippen LogP contribution >= 0.6 is 11.3 Å². The second-order valence-corrected chi connectivity index (χ2v) is 8.41. The average Bonchev–Trinajstić information content (AvgIpc) is 3.39. The molecule has 0 aliphatic rings. The maximum absolute atomic E-state index is 13.4. The number of aromatic nitrogens is 5. The molecule has 0 aliphatic heterocycles. The van der Waals surface area contributed by atoms with Gasteiger partial charge in [-0.3, -0.25) is 4.79 Å². The summed E-state index contributed by atoms with van der Waals surface area (Å²) in [4.78, 5) is 34.3. The summed E-state index contributed by atoms with van der Waals surface area (Å²) in [5.41, 5.74) is 3.03. The summed E-state index contributed by atoms with van der Waals surface area (Å²) in [6.45, 7) is 1.99. The number of benzene rings is 2. The van der Waals surface area contributed by atoms with Crippen molar-refractivity contribution in [2.75, 3.05) is 0 Å². The highest BCUT2D eigenvalue weighted by atomic mass is 32.1. The SMILES string of the molecule is Cc1cc2ncnn2cc1-c1cc2[nH]c(=O)n(-c3cccc4ccccc34)c(=O)c2s1. The molecule has 6 rings (SSSR count). The van der Waals surface area contributed by atoms with Gasteiger partial charge in [0.15, 0.2) is 5.65 Å². The summed E-state index contributed by atoms with van der Waals surface area (Å²) in [7, 11) is 0. The van der Waals surface area contributed by atoms with Gasteiger partial charge in [0.2, 0.25) is 0 Å². The van der Waals surface area contributed by atoms with E-state index in [1.54, 1.807) is 10.6 Å². The Morgan fingerprint density at radius 3 is 2.77 bits per heavy atom. The first-order valence-corrected chi connectivity index (χ1v) is 10.5. The van der Waals surface area contributed by atoms with E-state index in [0.29, 0.717) is 15.9 Å². The van der Waals surface area contributed by atoms with E-state index in [1.807, 2.05) is 61.7 Å². The lowest BCUT2D eigenvalue weighted by molar-refractivity contribution is 0.911. The van der Waals surface area contributed by atoms with Crippen molar-refractivity contribution in [1.82, 2.24) is 24.1 Å². The third-order valence-corrected chi connectivity index (χ3v) is 6.63. The molecule has 150 valence electrons. The first-order chi connectivity index (χ1) is 15.1. The molecule has 4 heterocycles. The molecular weight excluding hydrogens is 410 g/mol. The van der Waals surface area contributed by atoms with Crippen LogP contribution in [-0.2, 0) is 0 Å². The Labute approximate surface area is 178 Å². The Morgan fingerprint density at radius 2 is 1.87 bits per heavy atom. The second kappa shape index (κ2) is 6.48. The topological polar surface area (TPSA) is 85.1 Å². The van der Waals surface area contributed by atoms with E-state index in [1.165, 1.54) is 22.2 Å². The van der Waals surface area contributed by atoms with Gasteiger partial charge < -0.3 is 4.98 Å². The number of thiophene rings is 1. The number of H-pyrrole nitrogens is 1. The number of nitrogens with one attached hydrogen (secondary N) is 1. The molecule has 2 aromatic carbocycles. The predicted molar refractivity (Wildman–Crippen MR) is 122 cm³/mol. The lowest BCUT2D eigenvalue weighted by atomic mass is 10.1. The Kier molecular flexibility index (Phi) is 3.72. The number of fused-ring (bicyclic) bond motifs is 3. The van der Waals surface area contributed by atoms with Crippen LogP contribution in [0.1, 0.15) is 5.56 Å². The van der Waals surface area contributed by atoms with Gasteiger partial charge in [-0.25, -0.2) is 18.9 Å². The zero-order valence-electron chi connectivity index (χ0n) is 16.4. The third-order valence-electron chi connectivity index (χ3n) is 5.47. The zero-order chi connectivity index (χ0) is 21.1. The maximum atomic E-state index is 13.4. The molecule has 0 unspecified atom stereocenters. The molecule has 0 bridgehead atoms. The van der Waals surface area contributed by atoms with Gasteiger partial charge in [0.05, 0.1) is 11.2 Å². The predicted octanol–water partition coefficient (Wildman–Crippen LogP) is 3.91. The van der Waals surface area contributed by atoms with Gasteiger partial charge in [0, 0.05) is 22.0 Å². The quantitative estimate of drug-likeness (QED) is 0.456. The number of hydrogen-bond donors (Lipinski definition) is 1. The number of aryl methyl sites for hydroxylation is 1. The highest BCUT2D eigenvalue weighted by Gasteiger charge is 2.16. The maximum Gasteiger partial charge on any atom is 0.333 e. The summed E-state index contributed by atoms with van der Waals surface area (Å²) in [6.07, 6.45) is 3.40. The smallest absolute Gasteiger partial charge is 0.306 e. The Balaban J connectivity index is 1.62. The Bertz CT molecular complexity index is 1750. The average molecular weight is 425 g/mol. The van der Waals surface area contributed by atoms with E-state index < -0.39 is 5.69 Å². The van der Waals surface area contributed by atoms with Gasteiger partial charge >= 0.3 is 5.69 Å². The molecule has 31 heavy (non-hydrogen) atoms. The van der Waals surface area contributed by atoms with E-state index in [0.717, 1.165) is 32.4 Å². The number of rotatable bonds is 2. The largest absolute Gasteiger partial charge is 0.333 e. The van der Waals surface area contributed by atoms with Crippen molar-refractivity contribution < 1.29 is 0 Å². The molecule has 0 saturated carbocycles. The third kappa shape index (κ3) is 2.65. The van der Waals surface area contributed by atoms with Crippen LogP contribution in [0.2, 0.25) is 0 Å². The Morgan fingerprint density at radius 1 is 1.03 bits per heavy atom. The fourth-order valence-electron chi connectivity index (χ4n) is 3.98. The molecule has 0 radical (unpaired) electrons. The summed E-state index contributed by atoms with van der Waals surface area (Å²) in [5.74, 6) is 0. The van der Waals surface area contributed by atoms with E-state index in [-0.39, 0.29) is 5.56 Å². The van der Waals surface area contributed by atoms with Crippen LogP contribution in [-0.4, -0.2) is 24.1 Å². The van der Waals surface area contributed by atoms with E-state index >= 15 is 0 Å². The van der Waals surface area contributed by atoms with Crippen LogP contribution in [0, 0.1) is 6.92 Å². The minimum Gasteiger partial charge on any atom is -0.306 e. The van der Waals surface area contributed by atoms with Crippen molar-refractivity contribution in [2.45, 2.75) is 6.92 Å². The molecule has 0 spiro atoms. The summed E-state index contributed by atoms with van der Waals surface area (Å²) >= 11 is 1.36. The minimum atomic E-state index is -0.457. The fraction of sp³-hybridized carbons (Fsp3) is 0.0435. The molecule has 8 heteroatoms. The van der Waals surface area contributed by atoms with E-state index in [2.05, 4.69) is 15.1 Å². The molecule has 4 aromatic heterocycles. The van der Waals surface area contributed by atoms with Gasteiger partial charge in [-0.2, -0.15) is 5.10 Å². The van der Waals surface area contributed by atoms with Crippen LogP contribution in [0.25, 0.3) is 42.8 Å². The lowest BCUT2D eigenvalue weighted by Crippen LogP contribution is -2.33. The number of nitrogens with zero attached hydrogens (tertiary/aromatic N) is 4. The normalized spacial score (nSPS) is 11.6. The van der Waals surface area contributed by atoms with Crippen LogP contribution in [0.3, 0.4) is 0 Å². The van der Waals surface area contributed by atoms with Crippen molar-refractivity contribution in [3.05, 3.63) is 93.5 Å². The lowest BCUT2D eigenvalue weighted by Gasteiger charge is -2.08. The van der Waals surface area contributed by atoms with Crippen molar-refractivity contribution >= 4 is 38.0 Å². The molecule has 0 aliphatic carbocycles. The van der Waals surface area contributed by atoms with Crippen molar-refractivity contribution in [2.24, 2.45) is 0 Å². The van der Waals surface area contributed by atoms with Gasteiger partial charge in [-0.1, -0.05) is 36.4 Å². The number of aromatic amines is 1. The van der Waals surface area contributed by atoms with E-state index in [9.17, 15) is 9.59 Å². The van der Waals surface area contributed by atoms with Gasteiger partial charge in [-0.15, -0.1) is 11.3 Å². The molecule has 6 aromatic rings. The highest BCUT2D eigenvalue weighted by molar-refractivity contribution is 7.22. The molecule has 7 nitrogen and oxygen atoms in total. The first-order valence-electron chi connectivity index (χ1n) is 9.67. The van der Waals surface area contributed by atoms with E-state index in [4.69, 9.17) is 0 Å². The van der Waals surface area contributed by atoms with Crippen LogP contribution in [0.5, 0.6) is 0 Å². The summed E-state index contributed by atoms with van der Waals surface area (Å²) in [5, 5.41) is 6.02. The molecule has 0 atom stereocenters. The van der Waals surface area contributed by atoms with Crippen LogP contribution in [0.4, 0.5) is 0 Å². The molecular formula is C23H15N5O2S. The first kappa shape index (κ1) is 17.8.